The number of nitrogens with zero attached hydrogens (tertiary/aromatic N) is 1. The first-order valence-corrected chi connectivity index (χ1v) is 8.17. The molecule has 0 bridgehead atoms. The smallest absolute Gasteiger partial charge is 0.338 e. The van der Waals surface area contributed by atoms with E-state index in [1.165, 1.54) is 4.90 Å². The molecule has 0 unspecified atom stereocenters. The molecule has 7 heteroatoms. The van der Waals surface area contributed by atoms with Crippen LogP contribution in [0.2, 0.25) is 0 Å². The van der Waals surface area contributed by atoms with Gasteiger partial charge in [0.2, 0.25) is 5.91 Å². The molecule has 3 rings (SSSR count). The van der Waals surface area contributed by atoms with Gasteiger partial charge in [0.05, 0.1) is 17.9 Å². The van der Waals surface area contributed by atoms with Crippen molar-refractivity contribution in [2.24, 2.45) is 0 Å². The summed E-state index contributed by atoms with van der Waals surface area (Å²) in [6.45, 7) is 1.81. The number of carbonyl (C=O) groups excluding carboxylic acids is 3. The van der Waals surface area contributed by atoms with Crippen LogP contribution in [0.15, 0.2) is 48.5 Å². The highest BCUT2D eigenvalue weighted by molar-refractivity contribution is 6.05. The molecule has 0 atom stereocenters. The summed E-state index contributed by atoms with van der Waals surface area (Å²) in [7, 11) is 0. The second-order valence-electron chi connectivity index (χ2n) is 5.58. The van der Waals surface area contributed by atoms with Crippen molar-refractivity contribution in [3.63, 3.8) is 0 Å². The molecule has 0 saturated carbocycles. The van der Waals surface area contributed by atoms with E-state index in [1.54, 1.807) is 55.5 Å². The van der Waals surface area contributed by atoms with Crippen LogP contribution in [0.1, 0.15) is 17.3 Å². The number of carbonyl (C=O) groups is 3. The number of esters is 1. The van der Waals surface area contributed by atoms with E-state index < -0.39 is 5.97 Å². The van der Waals surface area contributed by atoms with Gasteiger partial charge >= 0.3 is 5.97 Å². The highest BCUT2D eigenvalue weighted by Gasteiger charge is 2.26. The fraction of sp³-hybridized carbons (Fsp3) is 0.211. The molecular weight excluding hydrogens is 336 g/mol. The van der Waals surface area contributed by atoms with E-state index in [1.807, 2.05) is 0 Å². The van der Waals surface area contributed by atoms with Crippen molar-refractivity contribution < 1.29 is 23.9 Å². The Hall–Kier alpha value is -3.35. The number of fused-ring (bicyclic) bond motifs is 1. The summed E-state index contributed by atoms with van der Waals surface area (Å²) in [6.07, 6.45) is 0. The van der Waals surface area contributed by atoms with E-state index in [0.29, 0.717) is 29.3 Å². The topological polar surface area (TPSA) is 84.9 Å². The van der Waals surface area contributed by atoms with Gasteiger partial charge in [-0.1, -0.05) is 12.1 Å². The highest BCUT2D eigenvalue weighted by Crippen LogP contribution is 2.31. The molecule has 2 aromatic carbocycles. The molecule has 1 N–H and O–H groups in total. The Labute approximate surface area is 150 Å². The molecule has 0 saturated heterocycles. The molecule has 0 aliphatic carbocycles. The van der Waals surface area contributed by atoms with E-state index in [-0.39, 0.29) is 25.0 Å². The molecule has 0 radical (unpaired) electrons. The quantitative estimate of drug-likeness (QED) is 0.833. The fourth-order valence-electron chi connectivity index (χ4n) is 2.58. The minimum atomic E-state index is -0.416. The van der Waals surface area contributed by atoms with Crippen molar-refractivity contribution in [1.29, 1.82) is 0 Å². The summed E-state index contributed by atoms with van der Waals surface area (Å²) in [5.41, 5.74) is 1.50. The fourth-order valence-corrected chi connectivity index (χ4v) is 2.58. The summed E-state index contributed by atoms with van der Waals surface area (Å²) in [6, 6.07) is 13.4. The largest absolute Gasteiger partial charge is 0.482 e. The summed E-state index contributed by atoms with van der Waals surface area (Å²) in [5, 5.41) is 2.71. The molecule has 1 aliphatic heterocycles. The van der Waals surface area contributed by atoms with Gasteiger partial charge in [-0.3, -0.25) is 14.5 Å². The minimum absolute atomic E-state index is 0.0987. The van der Waals surface area contributed by atoms with Crippen molar-refractivity contribution in [2.45, 2.75) is 6.92 Å². The van der Waals surface area contributed by atoms with Gasteiger partial charge in [0, 0.05) is 5.69 Å². The van der Waals surface area contributed by atoms with Crippen LogP contribution in [0.4, 0.5) is 11.4 Å². The SMILES string of the molecule is CCOC(=O)c1ccc(NC(=O)CN2C(=O)COc3ccccc32)cc1. The Bertz CT molecular complexity index is 832. The number of ether oxygens (including phenoxy) is 2. The number of rotatable bonds is 5. The zero-order valence-electron chi connectivity index (χ0n) is 14.2. The average Bonchev–Trinajstić information content (AvgIpc) is 2.65. The summed E-state index contributed by atoms with van der Waals surface area (Å²) in [5.74, 6) is -0.477. The first-order valence-electron chi connectivity index (χ1n) is 8.17. The Kier molecular flexibility index (Phi) is 5.17. The minimum Gasteiger partial charge on any atom is -0.482 e. The standard InChI is InChI=1S/C19H18N2O5/c1-2-25-19(24)13-7-9-14(10-8-13)20-17(22)11-21-15-5-3-4-6-16(15)26-12-18(21)23/h3-10H,2,11-12H2,1H3,(H,20,22). The molecule has 134 valence electrons. The third-order valence-corrected chi connectivity index (χ3v) is 3.79. The molecule has 26 heavy (non-hydrogen) atoms. The Morgan fingerprint density at radius 2 is 1.88 bits per heavy atom. The lowest BCUT2D eigenvalue weighted by molar-refractivity contribution is -0.123. The van der Waals surface area contributed by atoms with E-state index in [0.717, 1.165) is 0 Å². The predicted octanol–water partition coefficient (Wildman–Crippen LogP) is 2.23. The Balaban J connectivity index is 1.66. The van der Waals surface area contributed by atoms with Gasteiger partial charge in [0.25, 0.3) is 5.91 Å². The second-order valence-corrected chi connectivity index (χ2v) is 5.58. The second kappa shape index (κ2) is 7.69. The summed E-state index contributed by atoms with van der Waals surface area (Å²) >= 11 is 0. The zero-order valence-corrected chi connectivity index (χ0v) is 14.2. The van der Waals surface area contributed by atoms with Crippen LogP contribution in [-0.4, -0.2) is 37.5 Å². The molecule has 2 aromatic rings. The number of benzene rings is 2. The first-order chi connectivity index (χ1) is 12.6. The van der Waals surface area contributed by atoms with E-state index >= 15 is 0 Å². The van der Waals surface area contributed by atoms with Crippen LogP contribution in [0.5, 0.6) is 5.75 Å². The maximum atomic E-state index is 12.3. The third-order valence-electron chi connectivity index (χ3n) is 3.79. The van der Waals surface area contributed by atoms with E-state index in [9.17, 15) is 14.4 Å². The average molecular weight is 354 g/mol. The molecule has 0 fully saturated rings. The van der Waals surface area contributed by atoms with Crippen LogP contribution in [0.3, 0.4) is 0 Å². The van der Waals surface area contributed by atoms with E-state index in [2.05, 4.69) is 5.32 Å². The van der Waals surface area contributed by atoms with Crippen LogP contribution in [0.25, 0.3) is 0 Å². The number of hydrogen-bond donors (Lipinski definition) is 1. The molecule has 0 aromatic heterocycles. The normalized spacial score (nSPS) is 12.8. The lowest BCUT2D eigenvalue weighted by atomic mass is 10.2. The van der Waals surface area contributed by atoms with Gasteiger partial charge < -0.3 is 14.8 Å². The van der Waals surface area contributed by atoms with Crippen LogP contribution < -0.4 is 15.0 Å². The number of amides is 2. The summed E-state index contributed by atoms with van der Waals surface area (Å²) in [4.78, 5) is 37.4. The van der Waals surface area contributed by atoms with Gasteiger partial charge in [0.15, 0.2) is 6.61 Å². The zero-order chi connectivity index (χ0) is 18.5. The maximum Gasteiger partial charge on any atom is 0.338 e. The summed E-state index contributed by atoms with van der Waals surface area (Å²) < 4.78 is 10.3. The number of anilines is 2. The highest BCUT2D eigenvalue weighted by atomic mass is 16.5. The van der Waals surface area contributed by atoms with Gasteiger partial charge in [0.1, 0.15) is 12.3 Å². The lowest BCUT2D eigenvalue weighted by Gasteiger charge is -2.28. The van der Waals surface area contributed by atoms with Gasteiger partial charge in [-0.2, -0.15) is 0 Å². The lowest BCUT2D eigenvalue weighted by Crippen LogP contribution is -2.43. The molecule has 1 aliphatic rings. The number of nitrogens with one attached hydrogen (secondary N) is 1. The van der Waals surface area contributed by atoms with E-state index in [4.69, 9.17) is 9.47 Å². The third kappa shape index (κ3) is 3.83. The van der Waals surface area contributed by atoms with Crippen molar-refractivity contribution in [1.82, 2.24) is 0 Å². The molecular formula is C19H18N2O5. The number of para-hydroxylation sites is 2. The molecule has 2 amide bonds. The monoisotopic (exact) mass is 354 g/mol. The van der Waals surface area contributed by atoms with Gasteiger partial charge in [-0.25, -0.2) is 4.79 Å². The molecule has 7 nitrogen and oxygen atoms in total. The van der Waals surface area contributed by atoms with Crippen LogP contribution >= 0.6 is 0 Å². The first kappa shape index (κ1) is 17.5. The number of hydrogen-bond acceptors (Lipinski definition) is 5. The molecule has 0 spiro atoms. The predicted molar refractivity (Wildman–Crippen MR) is 95.3 cm³/mol. The van der Waals surface area contributed by atoms with Gasteiger partial charge in [-0.05, 0) is 43.3 Å². The van der Waals surface area contributed by atoms with Crippen molar-refractivity contribution in [3.8, 4) is 5.75 Å². The van der Waals surface area contributed by atoms with Crippen LogP contribution in [0, 0.1) is 0 Å². The van der Waals surface area contributed by atoms with Crippen LogP contribution in [-0.2, 0) is 14.3 Å². The Morgan fingerprint density at radius 3 is 2.62 bits per heavy atom. The van der Waals surface area contributed by atoms with Gasteiger partial charge in [-0.15, -0.1) is 0 Å². The Morgan fingerprint density at radius 1 is 1.15 bits per heavy atom. The maximum absolute atomic E-state index is 12.3. The van der Waals surface area contributed by atoms with Crippen molar-refractivity contribution >= 4 is 29.2 Å². The van der Waals surface area contributed by atoms with Crippen molar-refractivity contribution in [2.75, 3.05) is 30.0 Å². The van der Waals surface area contributed by atoms with Crippen molar-refractivity contribution in [3.05, 3.63) is 54.1 Å². The molecule has 1 heterocycles.